The van der Waals surface area contributed by atoms with Crippen molar-refractivity contribution in [3.63, 3.8) is 0 Å². The molecule has 7 nitrogen and oxygen atoms in total. The Morgan fingerprint density at radius 1 is 0.794 bits per heavy atom. The van der Waals surface area contributed by atoms with Crippen LogP contribution in [0.25, 0.3) is 5.57 Å². The van der Waals surface area contributed by atoms with E-state index in [0.717, 1.165) is 5.75 Å². The summed E-state index contributed by atoms with van der Waals surface area (Å²) in [6.45, 7) is 2.64. The van der Waals surface area contributed by atoms with E-state index in [0.29, 0.717) is 34.9 Å². The third-order valence-corrected chi connectivity index (χ3v) is 5.32. The van der Waals surface area contributed by atoms with Crippen molar-refractivity contribution in [1.29, 1.82) is 0 Å². The largest absolute Gasteiger partial charge is 0.497 e. The predicted octanol–water partition coefficient (Wildman–Crippen LogP) is 4.36. The lowest BCUT2D eigenvalue weighted by Crippen LogP contribution is -2.36. The van der Waals surface area contributed by atoms with Gasteiger partial charge in [-0.15, -0.1) is 0 Å². The van der Waals surface area contributed by atoms with Gasteiger partial charge in [-0.2, -0.15) is 0 Å². The molecule has 0 fully saturated rings. The van der Waals surface area contributed by atoms with Gasteiger partial charge in [0.1, 0.15) is 29.6 Å². The highest BCUT2D eigenvalue weighted by atomic mass is 16.5. The Bertz CT molecular complexity index is 1190. The van der Waals surface area contributed by atoms with Crippen LogP contribution in [0.3, 0.4) is 0 Å². The lowest BCUT2D eigenvalue weighted by Gasteiger charge is -2.16. The Balaban J connectivity index is 1.56. The van der Waals surface area contributed by atoms with Gasteiger partial charge in [0, 0.05) is 0 Å². The average Bonchev–Trinajstić information content (AvgIpc) is 3.10. The van der Waals surface area contributed by atoms with Crippen LogP contribution in [0.2, 0.25) is 0 Å². The molecule has 1 aliphatic rings. The van der Waals surface area contributed by atoms with Crippen molar-refractivity contribution in [2.75, 3.05) is 32.2 Å². The molecular formula is C27H26N2O5. The molecular weight excluding hydrogens is 432 g/mol. The number of carbonyl (C=O) groups is 2. The molecule has 7 heteroatoms. The SMILES string of the molecule is CCOc1ccccc1NC1=C(c2ccccc2)C(=O)N(CCOc2ccc(OC)cc2)C1=O. The highest BCUT2D eigenvalue weighted by Gasteiger charge is 2.39. The minimum atomic E-state index is -0.409. The van der Waals surface area contributed by atoms with Crippen molar-refractivity contribution in [3.05, 3.63) is 90.1 Å². The predicted molar refractivity (Wildman–Crippen MR) is 130 cm³/mol. The molecule has 1 N–H and O–H groups in total. The van der Waals surface area contributed by atoms with Gasteiger partial charge in [-0.3, -0.25) is 14.5 Å². The van der Waals surface area contributed by atoms with Crippen LogP contribution in [0, 0.1) is 0 Å². The van der Waals surface area contributed by atoms with Crippen LogP contribution < -0.4 is 19.5 Å². The number of hydrogen-bond donors (Lipinski definition) is 1. The number of hydrogen-bond acceptors (Lipinski definition) is 6. The number of anilines is 1. The number of benzene rings is 3. The molecule has 34 heavy (non-hydrogen) atoms. The van der Waals surface area contributed by atoms with Crippen LogP contribution >= 0.6 is 0 Å². The molecule has 0 aromatic heterocycles. The molecule has 0 radical (unpaired) electrons. The van der Waals surface area contributed by atoms with Crippen LogP contribution in [0.5, 0.6) is 17.2 Å². The summed E-state index contributed by atoms with van der Waals surface area (Å²) in [5.74, 6) is 1.17. The molecule has 0 aliphatic carbocycles. The van der Waals surface area contributed by atoms with Crippen molar-refractivity contribution < 1.29 is 23.8 Å². The van der Waals surface area contributed by atoms with Crippen molar-refractivity contribution >= 4 is 23.1 Å². The van der Waals surface area contributed by atoms with Crippen LogP contribution in [-0.2, 0) is 9.59 Å². The zero-order chi connectivity index (χ0) is 23.9. The highest BCUT2D eigenvalue weighted by Crippen LogP contribution is 2.33. The van der Waals surface area contributed by atoms with Gasteiger partial charge in [0.25, 0.3) is 11.8 Å². The number of methoxy groups -OCH3 is 1. The van der Waals surface area contributed by atoms with Crippen molar-refractivity contribution in [2.45, 2.75) is 6.92 Å². The lowest BCUT2D eigenvalue weighted by molar-refractivity contribution is -0.137. The maximum atomic E-state index is 13.4. The Kier molecular flexibility index (Phi) is 7.13. The number of carbonyl (C=O) groups excluding carboxylic acids is 2. The summed E-state index contributed by atoms with van der Waals surface area (Å²) in [6, 6.07) is 23.6. The first-order chi connectivity index (χ1) is 16.6. The number of imide groups is 1. The first-order valence-electron chi connectivity index (χ1n) is 11.0. The second-order valence-corrected chi connectivity index (χ2v) is 7.46. The van der Waals surface area contributed by atoms with E-state index in [1.54, 1.807) is 31.4 Å². The Morgan fingerprint density at radius 3 is 2.18 bits per heavy atom. The Hall–Kier alpha value is -4.26. The summed E-state index contributed by atoms with van der Waals surface area (Å²) in [5.41, 5.74) is 1.82. The molecule has 0 unspecified atom stereocenters. The molecule has 0 spiro atoms. The van der Waals surface area contributed by atoms with Crippen LogP contribution in [0.15, 0.2) is 84.6 Å². The van der Waals surface area contributed by atoms with Gasteiger partial charge in [0.15, 0.2) is 0 Å². The van der Waals surface area contributed by atoms with Gasteiger partial charge in [0.05, 0.1) is 31.5 Å². The molecule has 0 atom stereocenters. The van der Waals surface area contributed by atoms with E-state index in [1.807, 2.05) is 61.5 Å². The van der Waals surface area contributed by atoms with Gasteiger partial charge in [0.2, 0.25) is 0 Å². The van der Waals surface area contributed by atoms with E-state index < -0.39 is 5.91 Å². The van der Waals surface area contributed by atoms with Crippen LogP contribution in [0.1, 0.15) is 12.5 Å². The van der Waals surface area contributed by atoms with Gasteiger partial charge in [-0.25, -0.2) is 0 Å². The maximum absolute atomic E-state index is 13.4. The number of nitrogens with zero attached hydrogens (tertiary/aromatic N) is 1. The summed E-state index contributed by atoms with van der Waals surface area (Å²) in [5, 5.41) is 3.16. The normalized spacial score (nSPS) is 13.3. The Labute approximate surface area is 198 Å². The number of amides is 2. The number of rotatable bonds is 10. The highest BCUT2D eigenvalue weighted by molar-refractivity contribution is 6.36. The van der Waals surface area contributed by atoms with Crippen LogP contribution in [0.4, 0.5) is 5.69 Å². The van der Waals surface area contributed by atoms with Gasteiger partial charge in [-0.1, -0.05) is 42.5 Å². The molecule has 1 aliphatic heterocycles. The second kappa shape index (κ2) is 10.6. The van der Waals surface area contributed by atoms with E-state index >= 15 is 0 Å². The summed E-state index contributed by atoms with van der Waals surface area (Å²) in [7, 11) is 1.59. The molecule has 2 amide bonds. The summed E-state index contributed by atoms with van der Waals surface area (Å²) in [6.07, 6.45) is 0. The monoisotopic (exact) mass is 458 g/mol. The van der Waals surface area contributed by atoms with Gasteiger partial charge in [-0.05, 0) is 48.9 Å². The molecule has 1 heterocycles. The molecule has 0 saturated carbocycles. The summed E-state index contributed by atoms with van der Waals surface area (Å²) >= 11 is 0. The third-order valence-electron chi connectivity index (χ3n) is 5.32. The first kappa shape index (κ1) is 22.9. The van der Waals surface area contributed by atoms with E-state index in [-0.39, 0.29) is 24.8 Å². The zero-order valence-corrected chi connectivity index (χ0v) is 19.1. The van der Waals surface area contributed by atoms with E-state index in [2.05, 4.69) is 5.32 Å². The quantitative estimate of drug-likeness (QED) is 0.455. The number of nitrogens with one attached hydrogen (secondary N) is 1. The smallest absolute Gasteiger partial charge is 0.278 e. The third kappa shape index (κ3) is 4.88. The molecule has 3 aromatic rings. The minimum Gasteiger partial charge on any atom is -0.497 e. The molecule has 174 valence electrons. The molecule has 3 aromatic carbocycles. The Morgan fingerprint density at radius 2 is 1.47 bits per heavy atom. The molecule has 4 rings (SSSR count). The topological polar surface area (TPSA) is 77.1 Å². The van der Waals surface area contributed by atoms with Crippen molar-refractivity contribution in [3.8, 4) is 17.2 Å². The second-order valence-electron chi connectivity index (χ2n) is 7.46. The fourth-order valence-corrected chi connectivity index (χ4v) is 3.68. The minimum absolute atomic E-state index is 0.109. The average molecular weight is 459 g/mol. The van der Waals surface area contributed by atoms with Gasteiger partial charge >= 0.3 is 0 Å². The summed E-state index contributed by atoms with van der Waals surface area (Å²) < 4.78 is 16.6. The fraction of sp³-hybridized carbons (Fsp3) is 0.185. The molecule has 0 saturated heterocycles. The number of para-hydroxylation sites is 2. The van der Waals surface area contributed by atoms with E-state index in [1.165, 1.54) is 4.90 Å². The van der Waals surface area contributed by atoms with Gasteiger partial charge < -0.3 is 19.5 Å². The zero-order valence-electron chi connectivity index (χ0n) is 19.1. The van der Waals surface area contributed by atoms with Crippen molar-refractivity contribution in [1.82, 2.24) is 4.90 Å². The maximum Gasteiger partial charge on any atom is 0.278 e. The van der Waals surface area contributed by atoms with Crippen molar-refractivity contribution in [2.24, 2.45) is 0 Å². The standard InChI is InChI=1S/C27H26N2O5/c1-3-33-23-12-8-7-11-22(23)28-25-24(19-9-5-4-6-10-19)26(30)29(27(25)31)17-18-34-21-15-13-20(32-2)14-16-21/h4-16,28H,3,17-18H2,1-2H3. The van der Waals surface area contributed by atoms with E-state index in [4.69, 9.17) is 14.2 Å². The number of ether oxygens (including phenoxy) is 3. The van der Waals surface area contributed by atoms with Crippen LogP contribution in [-0.4, -0.2) is 43.6 Å². The fourth-order valence-electron chi connectivity index (χ4n) is 3.68. The summed E-state index contributed by atoms with van der Waals surface area (Å²) in [4.78, 5) is 27.9. The lowest BCUT2D eigenvalue weighted by atomic mass is 10.0. The first-order valence-corrected chi connectivity index (χ1v) is 11.0. The van der Waals surface area contributed by atoms with E-state index in [9.17, 15) is 9.59 Å². The molecule has 0 bridgehead atoms.